The monoisotopic (exact) mass is 141 g/mol. The van der Waals surface area contributed by atoms with Crippen molar-refractivity contribution in [3.63, 3.8) is 0 Å². The van der Waals surface area contributed by atoms with E-state index in [2.05, 4.69) is 26.2 Å². The molecule has 0 aromatic heterocycles. The van der Waals surface area contributed by atoms with Crippen molar-refractivity contribution in [2.24, 2.45) is 11.8 Å². The third-order valence-corrected chi connectivity index (χ3v) is 2.59. The van der Waals surface area contributed by atoms with Crippen LogP contribution in [0.1, 0.15) is 33.1 Å². The molecule has 1 N–H and O–H groups in total. The zero-order chi connectivity index (χ0) is 7.56. The quantitative estimate of drug-likeness (QED) is 0.589. The lowest BCUT2D eigenvalue weighted by molar-refractivity contribution is 0.247. The van der Waals surface area contributed by atoms with E-state index in [9.17, 15) is 0 Å². The standard InChI is InChI=1S/C9H19N/c1-7-4-8(2)6-9(5-7)10-3/h7-10H,4-6H2,1-3H3/t7-,8-/m1/s1. The summed E-state index contributed by atoms with van der Waals surface area (Å²) < 4.78 is 0. The molecule has 10 heavy (non-hydrogen) atoms. The van der Waals surface area contributed by atoms with Crippen LogP contribution < -0.4 is 5.32 Å². The van der Waals surface area contributed by atoms with Gasteiger partial charge in [0.2, 0.25) is 0 Å². The molecule has 1 fully saturated rings. The van der Waals surface area contributed by atoms with Crippen LogP contribution >= 0.6 is 0 Å². The minimum absolute atomic E-state index is 0.791. The summed E-state index contributed by atoms with van der Waals surface area (Å²) in [5.41, 5.74) is 0. The van der Waals surface area contributed by atoms with Crippen LogP contribution in [-0.2, 0) is 0 Å². The fraction of sp³-hybridized carbons (Fsp3) is 1.00. The Balaban J connectivity index is 2.35. The summed E-state index contributed by atoms with van der Waals surface area (Å²) in [6.45, 7) is 4.72. The van der Waals surface area contributed by atoms with E-state index in [1.165, 1.54) is 19.3 Å². The molecule has 0 amide bonds. The van der Waals surface area contributed by atoms with E-state index in [1.807, 2.05) is 0 Å². The Morgan fingerprint density at radius 2 is 1.50 bits per heavy atom. The van der Waals surface area contributed by atoms with Crippen molar-refractivity contribution in [3.8, 4) is 0 Å². The molecule has 0 aliphatic heterocycles. The summed E-state index contributed by atoms with van der Waals surface area (Å²) in [6, 6.07) is 0.791. The molecule has 1 nitrogen and oxygen atoms in total. The maximum absolute atomic E-state index is 3.36. The Kier molecular flexibility index (Phi) is 2.72. The van der Waals surface area contributed by atoms with E-state index in [4.69, 9.17) is 0 Å². The minimum Gasteiger partial charge on any atom is -0.317 e. The van der Waals surface area contributed by atoms with E-state index >= 15 is 0 Å². The van der Waals surface area contributed by atoms with Gasteiger partial charge >= 0.3 is 0 Å². The molecular formula is C9H19N. The molecule has 1 heteroatoms. The SMILES string of the molecule is CNC1C[C@H](C)C[C@@H](C)C1. The summed E-state index contributed by atoms with van der Waals surface area (Å²) in [6.07, 6.45) is 4.18. The van der Waals surface area contributed by atoms with Crippen LogP contribution in [0.3, 0.4) is 0 Å². The van der Waals surface area contributed by atoms with Gasteiger partial charge in [-0.2, -0.15) is 0 Å². The van der Waals surface area contributed by atoms with Crippen molar-refractivity contribution in [3.05, 3.63) is 0 Å². The van der Waals surface area contributed by atoms with Gasteiger partial charge in [-0.25, -0.2) is 0 Å². The fourth-order valence-corrected chi connectivity index (χ4v) is 2.18. The van der Waals surface area contributed by atoms with Gasteiger partial charge in [-0.05, 0) is 38.1 Å². The Morgan fingerprint density at radius 1 is 1.00 bits per heavy atom. The summed E-state index contributed by atoms with van der Waals surface area (Å²) in [5.74, 6) is 1.86. The predicted octanol–water partition coefficient (Wildman–Crippen LogP) is 2.03. The van der Waals surface area contributed by atoms with Gasteiger partial charge in [-0.3, -0.25) is 0 Å². The molecule has 0 unspecified atom stereocenters. The summed E-state index contributed by atoms with van der Waals surface area (Å²) in [5, 5.41) is 3.36. The molecule has 1 rings (SSSR count). The first-order chi connectivity index (χ1) is 4.72. The van der Waals surface area contributed by atoms with Gasteiger partial charge in [-0.15, -0.1) is 0 Å². The predicted molar refractivity (Wildman–Crippen MR) is 45.0 cm³/mol. The molecule has 1 aliphatic rings. The largest absolute Gasteiger partial charge is 0.317 e. The number of hydrogen-bond donors (Lipinski definition) is 1. The van der Waals surface area contributed by atoms with Gasteiger partial charge in [0.05, 0.1) is 0 Å². The molecule has 0 spiro atoms. The van der Waals surface area contributed by atoms with Gasteiger partial charge in [0.25, 0.3) is 0 Å². The van der Waals surface area contributed by atoms with Crippen LogP contribution in [0.15, 0.2) is 0 Å². The van der Waals surface area contributed by atoms with Gasteiger partial charge in [0.1, 0.15) is 0 Å². The zero-order valence-corrected chi connectivity index (χ0v) is 7.35. The zero-order valence-electron chi connectivity index (χ0n) is 7.35. The second kappa shape index (κ2) is 3.38. The highest BCUT2D eigenvalue weighted by Crippen LogP contribution is 2.27. The second-order valence-electron chi connectivity index (χ2n) is 3.90. The maximum Gasteiger partial charge on any atom is 0.00691 e. The topological polar surface area (TPSA) is 12.0 Å². The van der Waals surface area contributed by atoms with E-state index in [0.717, 1.165) is 17.9 Å². The van der Waals surface area contributed by atoms with E-state index in [0.29, 0.717) is 0 Å². The second-order valence-corrected chi connectivity index (χ2v) is 3.90. The van der Waals surface area contributed by atoms with Crippen LogP contribution in [0.2, 0.25) is 0 Å². The minimum atomic E-state index is 0.791. The molecule has 0 heterocycles. The van der Waals surface area contributed by atoms with Crippen LogP contribution in [-0.4, -0.2) is 13.1 Å². The van der Waals surface area contributed by atoms with Crippen molar-refractivity contribution in [1.82, 2.24) is 5.32 Å². The lowest BCUT2D eigenvalue weighted by atomic mass is 9.80. The van der Waals surface area contributed by atoms with Crippen LogP contribution in [0, 0.1) is 11.8 Å². The molecule has 1 aliphatic carbocycles. The van der Waals surface area contributed by atoms with E-state index in [1.54, 1.807) is 0 Å². The maximum atomic E-state index is 3.36. The van der Waals surface area contributed by atoms with Gasteiger partial charge in [0, 0.05) is 6.04 Å². The van der Waals surface area contributed by atoms with Crippen molar-refractivity contribution < 1.29 is 0 Å². The average molecular weight is 141 g/mol. The molecule has 0 bridgehead atoms. The average Bonchev–Trinajstić information content (AvgIpc) is 1.85. The molecule has 0 saturated heterocycles. The van der Waals surface area contributed by atoms with Crippen molar-refractivity contribution in [2.45, 2.75) is 39.2 Å². The van der Waals surface area contributed by atoms with Crippen molar-refractivity contribution in [2.75, 3.05) is 7.05 Å². The Labute approximate surface area is 64.2 Å². The Hall–Kier alpha value is -0.0400. The van der Waals surface area contributed by atoms with Gasteiger partial charge in [0.15, 0.2) is 0 Å². The van der Waals surface area contributed by atoms with Crippen LogP contribution in [0.5, 0.6) is 0 Å². The molecule has 1 saturated carbocycles. The first-order valence-corrected chi connectivity index (χ1v) is 4.39. The molecular weight excluding hydrogens is 122 g/mol. The molecule has 60 valence electrons. The lowest BCUT2D eigenvalue weighted by Gasteiger charge is -2.30. The van der Waals surface area contributed by atoms with Gasteiger partial charge in [-0.1, -0.05) is 13.8 Å². The van der Waals surface area contributed by atoms with Crippen molar-refractivity contribution in [1.29, 1.82) is 0 Å². The Morgan fingerprint density at radius 3 is 1.90 bits per heavy atom. The van der Waals surface area contributed by atoms with Crippen LogP contribution in [0.4, 0.5) is 0 Å². The molecule has 0 radical (unpaired) electrons. The first-order valence-electron chi connectivity index (χ1n) is 4.39. The lowest BCUT2D eigenvalue weighted by Crippen LogP contribution is -2.33. The highest BCUT2D eigenvalue weighted by molar-refractivity contribution is 4.78. The highest BCUT2D eigenvalue weighted by Gasteiger charge is 2.21. The normalized spacial score (nSPS) is 41.7. The van der Waals surface area contributed by atoms with Crippen LogP contribution in [0.25, 0.3) is 0 Å². The third kappa shape index (κ3) is 1.98. The smallest absolute Gasteiger partial charge is 0.00691 e. The molecule has 0 aromatic rings. The first kappa shape index (κ1) is 8.06. The summed E-state index contributed by atoms with van der Waals surface area (Å²) in [4.78, 5) is 0. The number of rotatable bonds is 1. The number of hydrogen-bond acceptors (Lipinski definition) is 1. The van der Waals surface area contributed by atoms with Gasteiger partial charge < -0.3 is 5.32 Å². The third-order valence-electron chi connectivity index (χ3n) is 2.59. The highest BCUT2D eigenvalue weighted by atomic mass is 14.9. The van der Waals surface area contributed by atoms with Crippen molar-refractivity contribution >= 4 is 0 Å². The molecule has 0 aromatic carbocycles. The summed E-state index contributed by atoms with van der Waals surface area (Å²) >= 11 is 0. The number of nitrogens with one attached hydrogen (secondary N) is 1. The summed E-state index contributed by atoms with van der Waals surface area (Å²) in [7, 11) is 2.08. The Bertz CT molecular complexity index is 90.9. The van der Waals surface area contributed by atoms with E-state index < -0.39 is 0 Å². The molecule has 2 atom stereocenters. The van der Waals surface area contributed by atoms with E-state index in [-0.39, 0.29) is 0 Å². The fourth-order valence-electron chi connectivity index (χ4n) is 2.18.